The maximum atomic E-state index is 12.7. The Morgan fingerprint density at radius 3 is 2.37 bits per heavy atom. The van der Waals surface area contributed by atoms with E-state index in [1.807, 2.05) is 17.0 Å². The van der Waals surface area contributed by atoms with E-state index < -0.39 is 10.0 Å². The maximum Gasteiger partial charge on any atom is 0.243 e. The molecule has 1 atom stereocenters. The molecular formula is C20H31N3O3S. The van der Waals surface area contributed by atoms with Crippen LogP contribution in [0.15, 0.2) is 29.2 Å². The Labute approximate surface area is 162 Å². The minimum Gasteiger partial charge on any atom is -0.342 e. The molecule has 1 amide bonds. The van der Waals surface area contributed by atoms with Gasteiger partial charge in [-0.3, -0.25) is 4.79 Å². The molecule has 150 valence electrons. The number of nitrogens with two attached hydrogens (primary N) is 1. The van der Waals surface area contributed by atoms with Gasteiger partial charge in [0.15, 0.2) is 0 Å². The Kier molecular flexibility index (Phi) is 6.23. The van der Waals surface area contributed by atoms with Crippen molar-refractivity contribution in [2.24, 2.45) is 11.1 Å². The number of hydrogen-bond acceptors (Lipinski definition) is 4. The molecule has 1 aromatic carbocycles. The van der Waals surface area contributed by atoms with E-state index in [0.29, 0.717) is 37.4 Å². The van der Waals surface area contributed by atoms with Crippen molar-refractivity contribution in [3.8, 4) is 0 Å². The molecule has 27 heavy (non-hydrogen) atoms. The van der Waals surface area contributed by atoms with E-state index in [9.17, 15) is 13.2 Å². The van der Waals surface area contributed by atoms with E-state index in [-0.39, 0.29) is 11.3 Å². The molecule has 0 saturated carbocycles. The van der Waals surface area contributed by atoms with E-state index in [0.717, 1.165) is 44.3 Å². The Balaban J connectivity index is 1.56. The standard InChI is InChI=1S/C20H31N3O3S/c1-20(15-21)11-14-22(16-20)19(24)10-7-17-5-8-18(9-6-17)27(25,26)23-12-3-2-4-13-23/h5-6,8-9H,2-4,7,10-16,21H2,1H3. The molecule has 2 heterocycles. The average molecular weight is 394 g/mol. The summed E-state index contributed by atoms with van der Waals surface area (Å²) in [6, 6.07) is 7.01. The number of piperidine rings is 1. The fourth-order valence-corrected chi connectivity index (χ4v) is 5.41. The highest BCUT2D eigenvalue weighted by atomic mass is 32.2. The van der Waals surface area contributed by atoms with Crippen molar-refractivity contribution in [3.05, 3.63) is 29.8 Å². The second-order valence-electron chi connectivity index (χ2n) is 8.19. The van der Waals surface area contributed by atoms with Gasteiger partial charge in [0.05, 0.1) is 4.90 Å². The van der Waals surface area contributed by atoms with Crippen LogP contribution in [-0.2, 0) is 21.2 Å². The van der Waals surface area contributed by atoms with Gasteiger partial charge in [0.25, 0.3) is 0 Å². The molecule has 3 rings (SSSR count). The zero-order valence-corrected chi connectivity index (χ0v) is 17.0. The number of rotatable bonds is 6. The number of carbonyl (C=O) groups excluding carboxylic acids is 1. The first-order chi connectivity index (χ1) is 12.8. The third-order valence-electron chi connectivity index (χ3n) is 5.91. The number of likely N-dealkylation sites (tertiary alicyclic amines) is 1. The summed E-state index contributed by atoms with van der Waals surface area (Å²) < 4.78 is 26.9. The van der Waals surface area contributed by atoms with Gasteiger partial charge in [0, 0.05) is 32.6 Å². The van der Waals surface area contributed by atoms with Crippen LogP contribution >= 0.6 is 0 Å². The number of sulfonamides is 1. The number of carbonyl (C=O) groups is 1. The van der Waals surface area contributed by atoms with Crippen LogP contribution < -0.4 is 5.73 Å². The zero-order chi connectivity index (χ0) is 19.5. The van der Waals surface area contributed by atoms with Gasteiger partial charge < -0.3 is 10.6 Å². The summed E-state index contributed by atoms with van der Waals surface area (Å²) in [7, 11) is -3.39. The van der Waals surface area contributed by atoms with Crippen LogP contribution in [-0.4, -0.2) is 56.3 Å². The van der Waals surface area contributed by atoms with Gasteiger partial charge in [-0.1, -0.05) is 25.5 Å². The largest absolute Gasteiger partial charge is 0.342 e. The van der Waals surface area contributed by atoms with Crippen LogP contribution in [0.25, 0.3) is 0 Å². The molecule has 0 bridgehead atoms. The Hall–Kier alpha value is -1.44. The molecule has 1 unspecified atom stereocenters. The molecule has 0 aliphatic carbocycles. The van der Waals surface area contributed by atoms with Gasteiger partial charge in [-0.25, -0.2) is 8.42 Å². The molecule has 2 fully saturated rings. The molecular weight excluding hydrogens is 362 g/mol. The topological polar surface area (TPSA) is 83.7 Å². The lowest BCUT2D eigenvalue weighted by Crippen LogP contribution is -2.35. The second-order valence-corrected chi connectivity index (χ2v) is 10.1. The molecule has 6 nitrogen and oxygen atoms in total. The van der Waals surface area contributed by atoms with E-state index in [4.69, 9.17) is 5.73 Å². The monoisotopic (exact) mass is 393 g/mol. The number of aryl methyl sites for hydroxylation is 1. The number of benzene rings is 1. The molecule has 1 aromatic rings. The van der Waals surface area contributed by atoms with Gasteiger partial charge in [-0.15, -0.1) is 0 Å². The molecule has 0 radical (unpaired) electrons. The quantitative estimate of drug-likeness (QED) is 0.801. The summed E-state index contributed by atoms with van der Waals surface area (Å²) >= 11 is 0. The van der Waals surface area contributed by atoms with Crippen LogP contribution in [0.2, 0.25) is 0 Å². The lowest BCUT2D eigenvalue weighted by molar-refractivity contribution is -0.130. The maximum absolute atomic E-state index is 12.7. The number of amides is 1. The van der Waals surface area contributed by atoms with Gasteiger partial charge in [0.1, 0.15) is 0 Å². The second kappa shape index (κ2) is 8.29. The minimum atomic E-state index is -3.39. The molecule has 2 aliphatic rings. The Bertz CT molecular complexity index is 757. The molecule has 2 N–H and O–H groups in total. The lowest BCUT2D eigenvalue weighted by atomic mass is 9.90. The summed E-state index contributed by atoms with van der Waals surface area (Å²) in [5.41, 5.74) is 6.84. The predicted octanol–water partition coefficient (Wildman–Crippen LogP) is 1.99. The Morgan fingerprint density at radius 1 is 1.11 bits per heavy atom. The third-order valence-corrected chi connectivity index (χ3v) is 7.82. The fraction of sp³-hybridized carbons (Fsp3) is 0.650. The first-order valence-electron chi connectivity index (χ1n) is 9.91. The SMILES string of the molecule is CC1(CN)CCN(C(=O)CCc2ccc(S(=O)(=O)N3CCCCC3)cc2)C1. The van der Waals surface area contributed by atoms with Crippen molar-refractivity contribution in [1.29, 1.82) is 0 Å². The molecule has 7 heteroatoms. The van der Waals surface area contributed by atoms with E-state index >= 15 is 0 Å². The molecule has 2 saturated heterocycles. The van der Waals surface area contributed by atoms with Gasteiger partial charge in [-0.05, 0) is 55.3 Å². The summed E-state index contributed by atoms with van der Waals surface area (Å²) in [5.74, 6) is 0.150. The Morgan fingerprint density at radius 2 is 1.78 bits per heavy atom. The van der Waals surface area contributed by atoms with Crippen LogP contribution in [0.3, 0.4) is 0 Å². The van der Waals surface area contributed by atoms with Crippen LogP contribution in [0, 0.1) is 5.41 Å². The van der Waals surface area contributed by atoms with Crippen molar-refractivity contribution in [1.82, 2.24) is 9.21 Å². The van der Waals surface area contributed by atoms with Crippen molar-refractivity contribution in [3.63, 3.8) is 0 Å². The highest BCUT2D eigenvalue weighted by Crippen LogP contribution is 2.29. The van der Waals surface area contributed by atoms with Gasteiger partial charge in [-0.2, -0.15) is 4.31 Å². The lowest BCUT2D eigenvalue weighted by Gasteiger charge is -2.25. The van der Waals surface area contributed by atoms with Crippen molar-refractivity contribution in [2.45, 2.75) is 50.3 Å². The third kappa shape index (κ3) is 4.70. The average Bonchev–Trinajstić information content (AvgIpc) is 3.10. The summed E-state index contributed by atoms with van der Waals surface area (Å²) in [6.45, 7) is 5.45. The van der Waals surface area contributed by atoms with Crippen LogP contribution in [0.1, 0.15) is 44.6 Å². The van der Waals surface area contributed by atoms with Crippen molar-refractivity contribution in [2.75, 3.05) is 32.7 Å². The van der Waals surface area contributed by atoms with Crippen LogP contribution in [0.5, 0.6) is 0 Å². The normalized spacial score (nSPS) is 24.3. The summed E-state index contributed by atoms with van der Waals surface area (Å²) in [5, 5.41) is 0. The molecule has 0 spiro atoms. The van der Waals surface area contributed by atoms with E-state index in [1.54, 1.807) is 16.4 Å². The molecule has 0 aromatic heterocycles. The first kappa shape index (κ1) is 20.3. The minimum absolute atomic E-state index is 0.0418. The highest BCUT2D eigenvalue weighted by Gasteiger charge is 2.34. The zero-order valence-electron chi connectivity index (χ0n) is 16.2. The van der Waals surface area contributed by atoms with Crippen LogP contribution in [0.4, 0.5) is 0 Å². The fourth-order valence-electron chi connectivity index (χ4n) is 3.90. The summed E-state index contributed by atoms with van der Waals surface area (Å²) in [6.07, 6.45) is 4.98. The highest BCUT2D eigenvalue weighted by molar-refractivity contribution is 7.89. The summed E-state index contributed by atoms with van der Waals surface area (Å²) in [4.78, 5) is 14.7. The number of hydrogen-bond donors (Lipinski definition) is 1. The van der Waals surface area contributed by atoms with Gasteiger partial charge in [0.2, 0.25) is 15.9 Å². The van der Waals surface area contributed by atoms with Crippen molar-refractivity contribution >= 4 is 15.9 Å². The van der Waals surface area contributed by atoms with Gasteiger partial charge >= 0.3 is 0 Å². The number of nitrogens with zero attached hydrogens (tertiary/aromatic N) is 2. The van der Waals surface area contributed by atoms with E-state index in [1.165, 1.54) is 0 Å². The smallest absolute Gasteiger partial charge is 0.243 e. The van der Waals surface area contributed by atoms with Crippen molar-refractivity contribution < 1.29 is 13.2 Å². The predicted molar refractivity (Wildman–Crippen MR) is 106 cm³/mol. The first-order valence-corrected chi connectivity index (χ1v) is 11.4. The molecule has 2 aliphatic heterocycles. The van der Waals surface area contributed by atoms with E-state index in [2.05, 4.69) is 6.92 Å².